The Kier molecular flexibility index (Phi) is 2.90. The Hall–Kier alpha value is -0.0400. The van der Waals surface area contributed by atoms with E-state index in [1.165, 1.54) is 0 Å². The number of nitrogens with zero attached hydrogens (tertiary/aromatic N) is 1. The van der Waals surface area contributed by atoms with Crippen molar-refractivity contribution in [1.29, 1.82) is 0 Å². The summed E-state index contributed by atoms with van der Waals surface area (Å²) >= 11 is 0. The maximum atomic E-state index is 2.59. The predicted molar refractivity (Wildman–Crippen MR) is 77.3 cm³/mol. The van der Waals surface area contributed by atoms with Gasteiger partial charge in [-0.2, -0.15) is 0 Å². The molecule has 1 saturated heterocycles. The molecule has 1 nitrogen and oxygen atoms in total. The van der Waals surface area contributed by atoms with Gasteiger partial charge in [0.2, 0.25) is 0 Å². The van der Waals surface area contributed by atoms with Crippen LogP contribution in [0.15, 0.2) is 0 Å². The van der Waals surface area contributed by atoms with Gasteiger partial charge in [-0.25, -0.2) is 0 Å². The molecule has 0 aromatic carbocycles. The molecule has 1 heterocycles. The molecule has 1 saturated carbocycles. The van der Waals surface area contributed by atoms with E-state index in [-0.39, 0.29) is 11.1 Å². The molecule has 102 valence electrons. The largest absolute Gasteiger partial charge is 0.295 e. The van der Waals surface area contributed by atoms with Crippen molar-refractivity contribution in [3.05, 3.63) is 0 Å². The Bertz CT molecular complexity index is 296. The summed E-state index contributed by atoms with van der Waals surface area (Å²) < 4.78 is 0. The van der Waals surface area contributed by atoms with Crippen molar-refractivity contribution in [2.45, 2.75) is 80.3 Å². The summed E-state index contributed by atoms with van der Waals surface area (Å²) in [5.74, 6) is 0. The summed E-state index contributed by atoms with van der Waals surface area (Å²) in [5, 5.41) is 0. The van der Waals surface area contributed by atoms with Crippen LogP contribution in [0.2, 0.25) is 0 Å². The molecule has 17 heavy (non-hydrogen) atoms. The van der Waals surface area contributed by atoms with Gasteiger partial charge in [-0.1, -0.05) is 41.5 Å². The molecule has 0 radical (unpaired) electrons. The minimum Gasteiger partial charge on any atom is -0.295 e. The lowest BCUT2D eigenvalue weighted by atomic mass is 9.79. The summed E-state index contributed by atoms with van der Waals surface area (Å²) in [6.07, 6.45) is 0. The van der Waals surface area contributed by atoms with Crippen LogP contribution in [-0.4, -0.2) is 23.0 Å². The summed E-state index contributed by atoms with van der Waals surface area (Å²) in [6, 6.07) is 0. The van der Waals surface area contributed by atoms with Crippen molar-refractivity contribution in [3.63, 3.8) is 0 Å². The van der Waals surface area contributed by atoms with Crippen LogP contribution in [0.25, 0.3) is 0 Å². The number of hydrogen-bond donors (Lipinski definition) is 0. The average Bonchev–Trinajstić information content (AvgIpc) is 2.59. The van der Waals surface area contributed by atoms with Gasteiger partial charge >= 0.3 is 0 Å². The van der Waals surface area contributed by atoms with E-state index < -0.39 is 0 Å². The maximum absolute atomic E-state index is 2.59. The highest BCUT2D eigenvalue weighted by atomic mass is 15.3. The normalized spacial score (nSPS) is 44.6. The molecule has 2 atom stereocenters. The van der Waals surface area contributed by atoms with Crippen molar-refractivity contribution >= 4 is 0 Å². The molecular formula is C16H33N. The molecule has 2 aliphatic rings. The van der Waals surface area contributed by atoms with Gasteiger partial charge in [-0.15, -0.1) is 0 Å². The third kappa shape index (κ3) is 1.03. The molecule has 0 amide bonds. The Morgan fingerprint density at radius 1 is 0.588 bits per heavy atom. The SMILES string of the molecule is CC.CN1C(C)(C)C2(C)C(C)(C)C2(C)C1(C)C. The van der Waals surface area contributed by atoms with Gasteiger partial charge < -0.3 is 0 Å². The molecule has 2 fully saturated rings. The standard InChI is InChI=1S/C14H27N.C2H6/c1-10(2)13(7)11(3,4)15(9)12(5,6)14(10,13)8;1-2/h1-9H3;1-2H3. The van der Waals surface area contributed by atoms with Crippen LogP contribution in [-0.2, 0) is 0 Å². The lowest BCUT2D eigenvalue weighted by molar-refractivity contribution is 0.00947. The monoisotopic (exact) mass is 239 g/mol. The van der Waals surface area contributed by atoms with Gasteiger partial charge in [-0.05, 0) is 51.0 Å². The first-order valence-corrected chi connectivity index (χ1v) is 7.14. The van der Waals surface area contributed by atoms with E-state index in [0.717, 1.165) is 0 Å². The fourth-order valence-corrected chi connectivity index (χ4v) is 5.47. The van der Waals surface area contributed by atoms with E-state index in [9.17, 15) is 0 Å². The van der Waals surface area contributed by atoms with E-state index >= 15 is 0 Å². The summed E-state index contributed by atoms with van der Waals surface area (Å²) in [4.78, 5) is 2.59. The van der Waals surface area contributed by atoms with Gasteiger partial charge in [0, 0.05) is 11.1 Å². The molecule has 0 bridgehead atoms. The summed E-state index contributed by atoms with van der Waals surface area (Å²) in [7, 11) is 2.29. The van der Waals surface area contributed by atoms with Crippen LogP contribution in [0.1, 0.15) is 69.2 Å². The maximum Gasteiger partial charge on any atom is 0.0220 e. The minimum absolute atomic E-state index is 0.286. The molecule has 0 aromatic rings. The number of fused-ring (bicyclic) bond motifs is 1. The van der Waals surface area contributed by atoms with Gasteiger partial charge in [0.1, 0.15) is 0 Å². The Labute approximate surface area is 109 Å². The lowest BCUT2D eigenvalue weighted by Gasteiger charge is -2.47. The van der Waals surface area contributed by atoms with E-state index in [2.05, 4.69) is 67.3 Å². The lowest BCUT2D eigenvalue weighted by Crippen LogP contribution is -2.54. The van der Waals surface area contributed by atoms with E-state index in [0.29, 0.717) is 16.2 Å². The number of rotatable bonds is 0. The van der Waals surface area contributed by atoms with Gasteiger partial charge in [-0.3, -0.25) is 4.90 Å². The number of likely N-dealkylation sites (tertiary alicyclic amines) is 1. The zero-order valence-corrected chi connectivity index (χ0v) is 13.9. The van der Waals surface area contributed by atoms with E-state index in [1.54, 1.807) is 0 Å². The van der Waals surface area contributed by atoms with Crippen molar-refractivity contribution in [3.8, 4) is 0 Å². The van der Waals surface area contributed by atoms with Gasteiger partial charge in [0.25, 0.3) is 0 Å². The second kappa shape index (κ2) is 3.29. The molecule has 0 aromatic heterocycles. The van der Waals surface area contributed by atoms with E-state index in [1.807, 2.05) is 13.8 Å². The smallest absolute Gasteiger partial charge is 0.0220 e. The Morgan fingerprint density at radius 3 is 1.00 bits per heavy atom. The summed E-state index contributed by atoms with van der Waals surface area (Å²) in [6.45, 7) is 23.5. The van der Waals surface area contributed by atoms with Crippen LogP contribution < -0.4 is 0 Å². The van der Waals surface area contributed by atoms with Gasteiger partial charge in [0.05, 0.1) is 0 Å². The molecule has 1 aliphatic carbocycles. The van der Waals surface area contributed by atoms with Crippen LogP contribution in [0, 0.1) is 16.2 Å². The van der Waals surface area contributed by atoms with Gasteiger partial charge in [0.15, 0.2) is 0 Å². The number of piperidine rings is 1. The molecule has 0 spiro atoms. The first-order valence-electron chi connectivity index (χ1n) is 7.14. The van der Waals surface area contributed by atoms with Crippen molar-refractivity contribution < 1.29 is 0 Å². The molecule has 1 aliphatic heterocycles. The fourth-order valence-electron chi connectivity index (χ4n) is 5.47. The Balaban J connectivity index is 0.000000686. The van der Waals surface area contributed by atoms with Crippen molar-refractivity contribution in [1.82, 2.24) is 4.90 Å². The zero-order valence-electron chi connectivity index (χ0n) is 13.9. The highest BCUT2D eigenvalue weighted by molar-refractivity contribution is 5.41. The fraction of sp³-hybridized carbons (Fsp3) is 1.00. The highest BCUT2D eigenvalue weighted by Gasteiger charge is 2.91. The van der Waals surface area contributed by atoms with Crippen molar-refractivity contribution in [2.24, 2.45) is 16.2 Å². The third-order valence-corrected chi connectivity index (χ3v) is 7.56. The van der Waals surface area contributed by atoms with Crippen LogP contribution >= 0.6 is 0 Å². The predicted octanol–water partition coefficient (Wildman–Crippen LogP) is 4.57. The molecule has 0 N–H and O–H groups in total. The summed E-state index contributed by atoms with van der Waals surface area (Å²) in [5.41, 5.74) is 1.86. The van der Waals surface area contributed by atoms with E-state index in [4.69, 9.17) is 0 Å². The zero-order chi connectivity index (χ0) is 14.1. The second-order valence-electron chi connectivity index (χ2n) is 7.55. The first kappa shape index (κ1) is 15.0. The number of hydrogen-bond acceptors (Lipinski definition) is 1. The minimum atomic E-state index is 0.286. The third-order valence-electron chi connectivity index (χ3n) is 7.56. The molecule has 1 heteroatoms. The molecule has 2 rings (SSSR count). The topological polar surface area (TPSA) is 3.24 Å². The van der Waals surface area contributed by atoms with Crippen LogP contribution in [0.3, 0.4) is 0 Å². The quantitative estimate of drug-likeness (QED) is 0.598. The van der Waals surface area contributed by atoms with Crippen LogP contribution in [0.4, 0.5) is 0 Å². The van der Waals surface area contributed by atoms with Crippen LogP contribution in [0.5, 0.6) is 0 Å². The highest BCUT2D eigenvalue weighted by Crippen LogP contribution is 2.90. The first-order chi connectivity index (χ1) is 7.40. The Morgan fingerprint density at radius 2 is 0.824 bits per heavy atom. The molecule has 2 unspecified atom stereocenters. The van der Waals surface area contributed by atoms with Crippen molar-refractivity contribution in [2.75, 3.05) is 7.05 Å². The second-order valence-corrected chi connectivity index (χ2v) is 7.55. The average molecular weight is 239 g/mol. The molecular weight excluding hydrogens is 206 g/mol.